The fourth-order valence-corrected chi connectivity index (χ4v) is 4.89. The number of halogens is 3. The fourth-order valence-electron chi connectivity index (χ4n) is 4.89. The molecule has 0 saturated carbocycles. The molecule has 196 valence electrons. The highest BCUT2D eigenvalue weighted by Crippen LogP contribution is 2.44. The van der Waals surface area contributed by atoms with Gasteiger partial charge in [-0.05, 0) is 31.3 Å². The Morgan fingerprint density at radius 3 is 2.49 bits per heavy atom. The molecule has 1 fully saturated rings. The van der Waals surface area contributed by atoms with Crippen LogP contribution in [0.15, 0.2) is 36.1 Å². The Kier molecular flexibility index (Phi) is 6.28. The van der Waals surface area contributed by atoms with Crippen molar-refractivity contribution in [1.29, 1.82) is 0 Å². The first kappa shape index (κ1) is 25.0. The number of fused-ring (bicyclic) bond motifs is 2. The average Bonchev–Trinajstić information content (AvgIpc) is 3.32. The number of aromatic hydroxyl groups is 2. The molecule has 3 heterocycles. The molecule has 1 saturated heterocycles. The molecule has 0 unspecified atom stereocenters. The maximum absolute atomic E-state index is 14.6. The average molecular weight is 518 g/mol. The molecule has 8 nitrogen and oxygen atoms in total. The number of piperazine rings is 1. The number of benzene rings is 2. The minimum absolute atomic E-state index is 0.0915. The van der Waals surface area contributed by atoms with E-state index in [-0.39, 0.29) is 40.3 Å². The van der Waals surface area contributed by atoms with Gasteiger partial charge in [-0.2, -0.15) is 13.2 Å². The maximum Gasteiger partial charge on any atom is 0.432 e. The van der Waals surface area contributed by atoms with Crippen LogP contribution in [-0.4, -0.2) is 77.2 Å². The van der Waals surface area contributed by atoms with Crippen molar-refractivity contribution in [3.63, 3.8) is 0 Å². The van der Waals surface area contributed by atoms with Gasteiger partial charge in [-0.15, -0.1) is 0 Å². The summed E-state index contributed by atoms with van der Waals surface area (Å²) >= 11 is 0. The second-order valence-corrected chi connectivity index (χ2v) is 9.22. The Balaban J connectivity index is 1.63. The van der Waals surface area contributed by atoms with Crippen molar-refractivity contribution in [3.8, 4) is 23.0 Å². The van der Waals surface area contributed by atoms with Crippen LogP contribution in [0.3, 0.4) is 0 Å². The van der Waals surface area contributed by atoms with Gasteiger partial charge >= 0.3 is 6.18 Å². The van der Waals surface area contributed by atoms with Crippen molar-refractivity contribution in [2.75, 3.05) is 46.9 Å². The lowest BCUT2D eigenvalue weighted by Gasteiger charge is -2.32. The number of likely N-dealkylation sites (N-methyl/N-ethyl adjacent to an activating group) is 1. The van der Waals surface area contributed by atoms with Crippen molar-refractivity contribution in [2.24, 2.45) is 0 Å². The van der Waals surface area contributed by atoms with Crippen molar-refractivity contribution in [3.05, 3.63) is 52.9 Å². The minimum Gasteiger partial charge on any atom is -0.508 e. The van der Waals surface area contributed by atoms with E-state index in [9.17, 15) is 28.2 Å². The number of Topliss-reactive ketones (excluding diaryl/α,β-unsaturated/α-hetero) is 1. The van der Waals surface area contributed by atoms with E-state index in [0.717, 1.165) is 44.4 Å². The topological polar surface area (TPSA) is 87.4 Å². The minimum atomic E-state index is -4.74. The van der Waals surface area contributed by atoms with Gasteiger partial charge in [0.05, 0.1) is 7.11 Å². The number of ketones is 1. The molecule has 3 aromatic rings. The van der Waals surface area contributed by atoms with Gasteiger partial charge in [0, 0.05) is 67.9 Å². The number of aromatic nitrogens is 1. The van der Waals surface area contributed by atoms with E-state index in [1.165, 1.54) is 17.7 Å². The summed E-state index contributed by atoms with van der Waals surface area (Å²) < 4.78 is 55.8. The molecule has 0 radical (unpaired) electrons. The number of allylic oxidation sites excluding steroid dienone is 1. The maximum atomic E-state index is 14.6. The number of phenolic OH excluding ortho intramolecular Hbond substituents is 2. The quantitative estimate of drug-likeness (QED) is 0.496. The van der Waals surface area contributed by atoms with Crippen LogP contribution in [0.1, 0.15) is 21.6 Å². The van der Waals surface area contributed by atoms with Crippen LogP contribution < -0.4 is 9.47 Å². The summed E-state index contributed by atoms with van der Waals surface area (Å²) in [5.74, 6) is -1.79. The summed E-state index contributed by atoms with van der Waals surface area (Å²) in [5, 5.41) is 20.1. The number of carbonyl (C=O) groups excluding carboxylic acids is 1. The van der Waals surface area contributed by atoms with E-state index in [0.29, 0.717) is 17.8 Å². The lowest BCUT2D eigenvalue weighted by molar-refractivity contribution is -0.143. The molecule has 2 N–H and O–H groups in total. The highest BCUT2D eigenvalue weighted by molar-refractivity contribution is 6.17. The fraction of sp³-hybridized carbons (Fsp3) is 0.346. The predicted molar refractivity (Wildman–Crippen MR) is 130 cm³/mol. The number of alkyl halides is 3. The van der Waals surface area contributed by atoms with Crippen molar-refractivity contribution >= 4 is 22.8 Å². The summed E-state index contributed by atoms with van der Waals surface area (Å²) in [6.45, 7) is 3.73. The smallest absolute Gasteiger partial charge is 0.432 e. The number of hydrogen-bond acceptors (Lipinski definition) is 7. The number of phenols is 2. The van der Waals surface area contributed by atoms with Gasteiger partial charge in [0.1, 0.15) is 34.3 Å². The number of carbonyl (C=O) groups is 1. The second-order valence-electron chi connectivity index (χ2n) is 9.22. The van der Waals surface area contributed by atoms with E-state index >= 15 is 0 Å². The highest BCUT2D eigenvalue weighted by atomic mass is 19.4. The Hall–Kier alpha value is -3.70. The molecule has 37 heavy (non-hydrogen) atoms. The number of ether oxygens (including phenoxy) is 2. The molecule has 1 aromatic heterocycles. The SMILES string of the molecule is COc1ccc2c(c1)c(/C=C1\Oc3cc(O)cc(O)c3C1=O)c(C(F)(F)F)n2CCN1CCN(C)CC1. The molecule has 0 atom stereocenters. The standard InChI is InChI=1S/C26H26F3N3O5/c1-30-5-7-31(8-6-30)9-10-32-19-4-3-16(36-2)13-17(19)18(25(32)26(27,28)29)14-22-24(35)23-20(34)11-15(33)12-21(23)37-22/h3-4,11-14,33-34H,5-10H2,1-2H3/b22-14-. The Bertz CT molecular complexity index is 1400. The zero-order valence-corrected chi connectivity index (χ0v) is 20.3. The lowest BCUT2D eigenvalue weighted by atomic mass is 10.1. The molecular formula is C26H26F3N3O5. The molecule has 2 aliphatic heterocycles. The predicted octanol–water partition coefficient (Wildman–Crippen LogP) is 3.94. The molecule has 11 heteroatoms. The van der Waals surface area contributed by atoms with E-state index in [1.54, 1.807) is 12.1 Å². The van der Waals surface area contributed by atoms with Crippen molar-refractivity contribution in [1.82, 2.24) is 14.4 Å². The van der Waals surface area contributed by atoms with Crippen LogP contribution in [-0.2, 0) is 12.7 Å². The van der Waals surface area contributed by atoms with Gasteiger partial charge in [0.25, 0.3) is 0 Å². The molecule has 0 bridgehead atoms. The van der Waals surface area contributed by atoms with Crippen LogP contribution in [0.5, 0.6) is 23.0 Å². The normalized spacial score (nSPS) is 18.0. The van der Waals surface area contributed by atoms with Gasteiger partial charge in [-0.3, -0.25) is 9.69 Å². The largest absolute Gasteiger partial charge is 0.508 e. The van der Waals surface area contributed by atoms with Gasteiger partial charge in [-0.1, -0.05) is 0 Å². The molecule has 0 spiro atoms. The van der Waals surface area contributed by atoms with Crippen molar-refractivity contribution < 1.29 is 37.7 Å². The summed E-state index contributed by atoms with van der Waals surface area (Å²) in [5.41, 5.74) is -1.01. The van der Waals surface area contributed by atoms with E-state index in [4.69, 9.17) is 9.47 Å². The van der Waals surface area contributed by atoms with Gasteiger partial charge in [0.2, 0.25) is 5.78 Å². The number of methoxy groups -OCH3 is 1. The summed E-state index contributed by atoms with van der Waals surface area (Å²) in [6, 6.07) is 6.77. The van der Waals surface area contributed by atoms with E-state index in [2.05, 4.69) is 9.80 Å². The zero-order chi connectivity index (χ0) is 26.5. The number of nitrogens with zero attached hydrogens (tertiary/aromatic N) is 3. The lowest BCUT2D eigenvalue weighted by Crippen LogP contribution is -2.45. The first-order valence-electron chi connectivity index (χ1n) is 11.8. The molecule has 5 rings (SSSR count). The van der Waals surface area contributed by atoms with Crippen LogP contribution in [0.4, 0.5) is 13.2 Å². The first-order chi connectivity index (χ1) is 17.6. The Morgan fingerprint density at radius 1 is 1.08 bits per heavy atom. The number of hydrogen-bond donors (Lipinski definition) is 2. The monoisotopic (exact) mass is 517 g/mol. The summed E-state index contributed by atoms with van der Waals surface area (Å²) in [6.07, 6.45) is -3.69. The van der Waals surface area contributed by atoms with Gasteiger partial charge in [0.15, 0.2) is 5.76 Å². The van der Waals surface area contributed by atoms with Crippen LogP contribution in [0.2, 0.25) is 0 Å². The first-order valence-corrected chi connectivity index (χ1v) is 11.8. The Labute approximate surface area is 210 Å². The van der Waals surface area contributed by atoms with Crippen LogP contribution in [0.25, 0.3) is 17.0 Å². The molecule has 2 aliphatic rings. The zero-order valence-electron chi connectivity index (χ0n) is 20.3. The third kappa shape index (κ3) is 4.60. The van der Waals surface area contributed by atoms with Gasteiger partial charge in [-0.25, -0.2) is 0 Å². The highest BCUT2D eigenvalue weighted by Gasteiger charge is 2.40. The Morgan fingerprint density at radius 2 is 1.81 bits per heavy atom. The third-order valence-corrected chi connectivity index (χ3v) is 6.83. The van der Waals surface area contributed by atoms with Crippen LogP contribution in [0, 0.1) is 0 Å². The van der Waals surface area contributed by atoms with Crippen LogP contribution >= 0.6 is 0 Å². The molecule has 0 amide bonds. The van der Waals surface area contributed by atoms with E-state index in [1.807, 2.05) is 7.05 Å². The summed E-state index contributed by atoms with van der Waals surface area (Å²) in [4.78, 5) is 17.3. The second kappa shape index (κ2) is 9.31. The summed E-state index contributed by atoms with van der Waals surface area (Å²) in [7, 11) is 3.43. The van der Waals surface area contributed by atoms with Gasteiger partial charge < -0.3 is 29.2 Å². The number of rotatable bonds is 5. The molecule has 0 aliphatic carbocycles. The molecule has 2 aromatic carbocycles. The van der Waals surface area contributed by atoms with Crippen molar-refractivity contribution in [2.45, 2.75) is 12.7 Å². The third-order valence-electron chi connectivity index (χ3n) is 6.83. The molecular weight excluding hydrogens is 491 g/mol. The van der Waals surface area contributed by atoms with E-state index < -0.39 is 23.4 Å².